The molecule has 0 bridgehead atoms. The molecule has 0 fully saturated rings. The normalized spacial score (nSPS) is 13.8. The summed E-state index contributed by atoms with van der Waals surface area (Å²) in [5.41, 5.74) is 0. The number of carbonyl (C=O) groups is 2. The largest absolute Gasteiger partial charge is 0.480 e. The highest BCUT2D eigenvalue weighted by Crippen LogP contribution is 2.03. The Morgan fingerprint density at radius 2 is 1.10 bits per heavy atom. The molecule has 0 aromatic heterocycles. The van der Waals surface area contributed by atoms with Gasteiger partial charge in [-0.15, -0.1) is 0 Å². The lowest BCUT2D eigenvalue weighted by atomic mass is 10.0. The molecule has 0 aliphatic rings. The molecule has 0 aromatic rings. The van der Waals surface area contributed by atoms with Gasteiger partial charge in [-0.25, -0.2) is 4.79 Å². The first-order valence-corrected chi connectivity index (χ1v) is 11.4. The third-order valence-corrected chi connectivity index (χ3v) is 4.38. The van der Waals surface area contributed by atoms with Crippen molar-refractivity contribution in [2.75, 3.05) is 0 Å². The molecule has 4 heteroatoms. The highest BCUT2D eigenvalue weighted by Gasteiger charge is 2.22. The predicted molar refractivity (Wildman–Crippen MR) is 132 cm³/mol. The number of rotatable bonds is 17. The van der Waals surface area contributed by atoms with E-state index < -0.39 is 12.0 Å². The van der Waals surface area contributed by atoms with E-state index in [1.165, 1.54) is 0 Å². The fourth-order valence-electron chi connectivity index (χ4n) is 2.61. The fraction of sp³-hybridized carbons (Fsp3) is 0.481. The summed E-state index contributed by atoms with van der Waals surface area (Å²) in [5.74, 6) is -1.34. The number of carboxylic acids is 1. The van der Waals surface area contributed by atoms with Crippen LogP contribution in [0.1, 0.15) is 72.1 Å². The molecule has 2 N–H and O–H groups in total. The maximum absolute atomic E-state index is 11.8. The lowest BCUT2D eigenvalue weighted by Gasteiger charge is -2.17. The van der Waals surface area contributed by atoms with Gasteiger partial charge in [-0.3, -0.25) is 4.79 Å². The zero-order valence-corrected chi connectivity index (χ0v) is 19.5. The minimum atomic E-state index is -0.989. The summed E-state index contributed by atoms with van der Waals surface area (Å²) in [7, 11) is 0. The zero-order chi connectivity index (χ0) is 23.2. The van der Waals surface area contributed by atoms with Crippen LogP contribution in [0, 0.1) is 5.92 Å². The van der Waals surface area contributed by atoms with E-state index in [4.69, 9.17) is 5.11 Å². The van der Waals surface area contributed by atoms with Crippen LogP contribution in [0.15, 0.2) is 72.9 Å². The number of carbonyl (C=O) groups excluding carboxylic acids is 1. The number of amides is 1. The van der Waals surface area contributed by atoms with Gasteiger partial charge >= 0.3 is 5.97 Å². The molecule has 0 aliphatic heterocycles. The highest BCUT2D eigenvalue weighted by atomic mass is 16.4. The van der Waals surface area contributed by atoms with Gasteiger partial charge in [0.15, 0.2) is 0 Å². The topological polar surface area (TPSA) is 66.4 Å². The van der Waals surface area contributed by atoms with Crippen molar-refractivity contribution in [2.45, 2.75) is 78.2 Å². The molecule has 4 nitrogen and oxygen atoms in total. The van der Waals surface area contributed by atoms with Crippen molar-refractivity contribution in [3.8, 4) is 0 Å². The van der Waals surface area contributed by atoms with Crippen LogP contribution in [0.5, 0.6) is 0 Å². The van der Waals surface area contributed by atoms with Gasteiger partial charge in [0, 0.05) is 6.42 Å². The Morgan fingerprint density at radius 3 is 1.45 bits per heavy atom. The van der Waals surface area contributed by atoms with Crippen LogP contribution in [-0.2, 0) is 9.59 Å². The van der Waals surface area contributed by atoms with E-state index >= 15 is 0 Å². The van der Waals surface area contributed by atoms with Gasteiger partial charge in [-0.05, 0) is 50.9 Å². The molecule has 0 aromatic carbocycles. The Balaban J connectivity index is 3.76. The molecule has 0 rings (SSSR count). The summed E-state index contributed by atoms with van der Waals surface area (Å²) in [5, 5.41) is 11.6. The van der Waals surface area contributed by atoms with Crippen molar-refractivity contribution in [3.63, 3.8) is 0 Å². The second-order valence-electron chi connectivity index (χ2n) is 7.58. The van der Waals surface area contributed by atoms with Gasteiger partial charge in [0.05, 0.1) is 0 Å². The van der Waals surface area contributed by atoms with Gasteiger partial charge in [0.2, 0.25) is 5.91 Å². The smallest absolute Gasteiger partial charge is 0.326 e. The van der Waals surface area contributed by atoms with Gasteiger partial charge in [-0.1, -0.05) is 93.7 Å². The van der Waals surface area contributed by atoms with Gasteiger partial charge in [0.1, 0.15) is 6.04 Å². The molecule has 0 spiro atoms. The molecule has 0 heterocycles. The first-order chi connectivity index (χ1) is 15.0. The molecule has 0 unspecified atom stereocenters. The molecule has 172 valence electrons. The summed E-state index contributed by atoms with van der Waals surface area (Å²) in [6.07, 6.45) is 32.4. The van der Waals surface area contributed by atoms with Crippen molar-refractivity contribution in [1.29, 1.82) is 0 Å². The van der Waals surface area contributed by atoms with Crippen LogP contribution in [0.4, 0.5) is 0 Å². The van der Waals surface area contributed by atoms with Gasteiger partial charge < -0.3 is 10.4 Å². The molecule has 0 saturated heterocycles. The average Bonchev–Trinajstić information content (AvgIpc) is 2.73. The fourth-order valence-corrected chi connectivity index (χ4v) is 2.61. The number of aliphatic carboxylic acids is 1. The van der Waals surface area contributed by atoms with E-state index in [0.29, 0.717) is 12.8 Å². The number of carboxylic acid groups (broad SMARTS) is 1. The molecule has 31 heavy (non-hydrogen) atoms. The van der Waals surface area contributed by atoms with Crippen LogP contribution < -0.4 is 5.32 Å². The maximum Gasteiger partial charge on any atom is 0.326 e. The first-order valence-electron chi connectivity index (χ1n) is 11.4. The quantitative estimate of drug-likeness (QED) is 0.254. The summed E-state index contributed by atoms with van der Waals surface area (Å²) in [6.45, 7) is 5.71. The highest BCUT2D eigenvalue weighted by molar-refractivity contribution is 5.83. The first kappa shape index (κ1) is 28.4. The average molecular weight is 428 g/mol. The van der Waals surface area contributed by atoms with Crippen LogP contribution in [0.3, 0.4) is 0 Å². The summed E-state index contributed by atoms with van der Waals surface area (Å²) in [6, 6.07) is -0.822. The van der Waals surface area contributed by atoms with E-state index in [0.717, 1.165) is 38.5 Å². The Labute approximate surface area is 189 Å². The van der Waals surface area contributed by atoms with Crippen molar-refractivity contribution in [2.24, 2.45) is 5.92 Å². The Kier molecular flexibility index (Phi) is 18.9. The Bertz CT molecular complexity index is 651. The predicted octanol–water partition coefficient (Wildman–Crippen LogP) is 6.69. The van der Waals surface area contributed by atoms with Crippen molar-refractivity contribution < 1.29 is 14.7 Å². The van der Waals surface area contributed by atoms with Crippen LogP contribution >= 0.6 is 0 Å². The lowest BCUT2D eigenvalue weighted by Crippen LogP contribution is -2.44. The standard InChI is InChI=1S/C27H41NO3/c1-4-5-6-7-8-9-10-11-12-13-14-15-16-17-18-19-20-21-22-23-25(29)28-26(24(2)3)27(30)31/h5-6,8-9,11-12,14-15,17-18,20-21,24,26H,4,7,10,13,16,19,22-23H2,1-3H3,(H,28,29)(H,30,31)/b6-5-,9-8-,12-11-,15-14-,18-17-,21-20-/t26-/m0/s1. The maximum atomic E-state index is 11.8. The lowest BCUT2D eigenvalue weighted by molar-refractivity contribution is -0.143. The van der Waals surface area contributed by atoms with Crippen molar-refractivity contribution >= 4 is 11.9 Å². The molecule has 0 aliphatic carbocycles. The molecule has 1 amide bonds. The van der Waals surface area contributed by atoms with E-state index in [9.17, 15) is 9.59 Å². The van der Waals surface area contributed by atoms with E-state index in [-0.39, 0.29) is 11.8 Å². The monoisotopic (exact) mass is 427 g/mol. The number of nitrogens with one attached hydrogen (secondary N) is 1. The van der Waals surface area contributed by atoms with Crippen LogP contribution in [0.2, 0.25) is 0 Å². The molecular weight excluding hydrogens is 386 g/mol. The third kappa shape index (κ3) is 19.1. The SMILES string of the molecule is CC/C=C\C/C=C\C/C=C\C/C=C\C/C=C\C/C=C\CCC(=O)N[C@H](C(=O)O)C(C)C. The summed E-state index contributed by atoms with van der Waals surface area (Å²) in [4.78, 5) is 22.9. The van der Waals surface area contributed by atoms with Gasteiger partial charge in [-0.2, -0.15) is 0 Å². The van der Waals surface area contributed by atoms with Crippen molar-refractivity contribution in [1.82, 2.24) is 5.32 Å². The minimum Gasteiger partial charge on any atom is -0.480 e. The number of allylic oxidation sites excluding steroid dienone is 12. The summed E-state index contributed by atoms with van der Waals surface area (Å²) >= 11 is 0. The molecule has 0 saturated carbocycles. The third-order valence-electron chi connectivity index (χ3n) is 4.38. The van der Waals surface area contributed by atoms with Crippen LogP contribution in [-0.4, -0.2) is 23.0 Å². The Morgan fingerprint density at radius 1 is 0.710 bits per heavy atom. The molecule has 1 atom stereocenters. The van der Waals surface area contributed by atoms with Gasteiger partial charge in [0.25, 0.3) is 0 Å². The Hall–Kier alpha value is -2.62. The van der Waals surface area contributed by atoms with Crippen molar-refractivity contribution in [3.05, 3.63) is 72.9 Å². The van der Waals surface area contributed by atoms with Crippen LogP contribution in [0.25, 0.3) is 0 Å². The number of hydrogen-bond acceptors (Lipinski definition) is 2. The summed E-state index contributed by atoms with van der Waals surface area (Å²) < 4.78 is 0. The number of hydrogen-bond donors (Lipinski definition) is 2. The second-order valence-corrected chi connectivity index (χ2v) is 7.58. The van der Waals surface area contributed by atoms with E-state index in [1.54, 1.807) is 13.8 Å². The zero-order valence-electron chi connectivity index (χ0n) is 19.5. The minimum absolute atomic E-state index is 0.132. The molecule has 0 radical (unpaired) electrons. The van der Waals surface area contributed by atoms with E-state index in [1.807, 2.05) is 12.2 Å². The second kappa shape index (κ2) is 20.6. The molecular formula is C27H41NO3. The van der Waals surface area contributed by atoms with E-state index in [2.05, 4.69) is 73.0 Å².